The average molecular weight is 279 g/mol. The fourth-order valence-corrected chi connectivity index (χ4v) is 1.74. The molecule has 1 aromatic heterocycles. The highest BCUT2D eigenvalue weighted by Gasteiger charge is 2.17. The number of amides is 2. The van der Waals surface area contributed by atoms with Crippen molar-refractivity contribution in [3.05, 3.63) is 29.6 Å². The third-order valence-electron chi connectivity index (χ3n) is 3.19. The monoisotopic (exact) mass is 279 g/mol. The summed E-state index contributed by atoms with van der Waals surface area (Å²) >= 11 is 0. The van der Waals surface area contributed by atoms with Crippen LogP contribution in [-0.4, -0.2) is 35.8 Å². The van der Waals surface area contributed by atoms with Gasteiger partial charge in [0.15, 0.2) is 0 Å². The summed E-state index contributed by atoms with van der Waals surface area (Å²) in [6.07, 6.45) is 3.27. The lowest BCUT2D eigenvalue weighted by atomic mass is 9.90. The summed E-state index contributed by atoms with van der Waals surface area (Å²) in [5, 5.41) is 14.6. The Kier molecular flexibility index (Phi) is 6.45. The molecule has 0 saturated carbocycles. The molecule has 2 amide bonds. The van der Waals surface area contributed by atoms with Gasteiger partial charge < -0.3 is 15.7 Å². The Labute approximate surface area is 120 Å². The van der Waals surface area contributed by atoms with E-state index in [0.29, 0.717) is 19.5 Å². The highest BCUT2D eigenvalue weighted by molar-refractivity contribution is 5.73. The van der Waals surface area contributed by atoms with Gasteiger partial charge in [-0.1, -0.05) is 19.9 Å². The van der Waals surface area contributed by atoms with Crippen LogP contribution in [0.15, 0.2) is 18.3 Å². The van der Waals surface area contributed by atoms with Crippen LogP contribution in [0.25, 0.3) is 0 Å². The van der Waals surface area contributed by atoms with E-state index in [1.807, 2.05) is 39.1 Å². The van der Waals surface area contributed by atoms with E-state index >= 15 is 0 Å². The second-order valence-corrected chi connectivity index (χ2v) is 5.81. The molecule has 0 spiro atoms. The molecule has 3 N–H and O–H groups in total. The molecule has 1 rings (SSSR count). The van der Waals surface area contributed by atoms with Crippen LogP contribution in [0.4, 0.5) is 4.79 Å². The standard InChI is InChI=1S/C15H25N3O2/c1-12-4-5-13(10-17-12)6-8-16-14(20)18-11-15(2,3)7-9-19/h4-5,10,19H,6-9,11H2,1-3H3,(H2,16,18,20). The highest BCUT2D eigenvalue weighted by atomic mass is 16.3. The number of aryl methyl sites for hydroxylation is 1. The highest BCUT2D eigenvalue weighted by Crippen LogP contribution is 2.17. The number of aliphatic hydroxyl groups is 1. The summed E-state index contributed by atoms with van der Waals surface area (Å²) in [6, 6.07) is 3.81. The number of nitrogens with one attached hydrogen (secondary N) is 2. The minimum atomic E-state index is -0.170. The van der Waals surface area contributed by atoms with E-state index in [1.54, 1.807) is 0 Å². The summed E-state index contributed by atoms with van der Waals surface area (Å²) in [7, 11) is 0. The Morgan fingerprint density at radius 2 is 2.10 bits per heavy atom. The van der Waals surface area contributed by atoms with E-state index in [1.165, 1.54) is 0 Å². The number of carbonyl (C=O) groups excluding carboxylic acids is 1. The molecule has 0 aliphatic heterocycles. The van der Waals surface area contributed by atoms with Gasteiger partial charge in [-0.05, 0) is 36.8 Å². The van der Waals surface area contributed by atoms with Crippen molar-refractivity contribution in [2.45, 2.75) is 33.6 Å². The Bertz CT molecular complexity index is 416. The first kappa shape index (κ1) is 16.4. The normalized spacial score (nSPS) is 11.2. The number of aromatic nitrogens is 1. The quantitative estimate of drug-likeness (QED) is 0.710. The van der Waals surface area contributed by atoms with Crippen LogP contribution in [-0.2, 0) is 6.42 Å². The lowest BCUT2D eigenvalue weighted by Gasteiger charge is -2.23. The molecule has 0 bridgehead atoms. The van der Waals surface area contributed by atoms with Gasteiger partial charge in [0.1, 0.15) is 0 Å². The minimum Gasteiger partial charge on any atom is -0.396 e. The zero-order chi connectivity index (χ0) is 15.0. The first-order valence-electron chi connectivity index (χ1n) is 6.97. The number of rotatable bonds is 7. The van der Waals surface area contributed by atoms with Gasteiger partial charge >= 0.3 is 6.03 Å². The Hall–Kier alpha value is -1.62. The molecule has 0 aliphatic carbocycles. The van der Waals surface area contributed by atoms with Gasteiger partial charge in [-0.2, -0.15) is 0 Å². The number of hydrogen-bond acceptors (Lipinski definition) is 3. The van der Waals surface area contributed by atoms with Crippen LogP contribution >= 0.6 is 0 Å². The molecule has 5 heteroatoms. The predicted octanol–water partition coefficient (Wildman–Crippen LogP) is 1.64. The SMILES string of the molecule is Cc1ccc(CCNC(=O)NCC(C)(C)CCO)cn1. The van der Waals surface area contributed by atoms with Crippen LogP contribution in [0.1, 0.15) is 31.5 Å². The average Bonchev–Trinajstić information content (AvgIpc) is 2.39. The summed E-state index contributed by atoms with van der Waals surface area (Å²) in [5.74, 6) is 0. The maximum absolute atomic E-state index is 11.6. The molecule has 0 fully saturated rings. The van der Waals surface area contributed by atoms with Crippen molar-refractivity contribution >= 4 is 6.03 Å². The van der Waals surface area contributed by atoms with Crippen LogP contribution in [0, 0.1) is 12.3 Å². The Balaban J connectivity index is 2.22. The van der Waals surface area contributed by atoms with Crippen molar-refractivity contribution in [2.24, 2.45) is 5.41 Å². The van der Waals surface area contributed by atoms with Crippen molar-refractivity contribution in [2.75, 3.05) is 19.7 Å². The largest absolute Gasteiger partial charge is 0.396 e. The molecule has 112 valence electrons. The third-order valence-corrected chi connectivity index (χ3v) is 3.19. The van der Waals surface area contributed by atoms with Gasteiger partial charge in [0.2, 0.25) is 0 Å². The number of urea groups is 1. The van der Waals surface area contributed by atoms with E-state index in [0.717, 1.165) is 17.7 Å². The smallest absolute Gasteiger partial charge is 0.314 e. The number of aliphatic hydroxyl groups excluding tert-OH is 1. The maximum Gasteiger partial charge on any atom is 0.314 e. The van der Waals surface area contributed by atoms with Crippen LogP contribution < -0.4 is 10.6 Å². The van der Waals surface area contributed by atoms with Crippen LogP contribution in [0.3, 0.4) is 0 Å². The topological polar surface area (TPSA) is 74.2 Å². The summed E-state index contributed by atoms with van der Waals surface area (Å²) in [4.78, 5) is 15.9. The van der Waals surface area contributed by atoms with Crippen molar-refractivity contribution < 1.29 is 9.90 Å². The first-order chi connectivity index (χ1) is 9.43. The predicted molar refractivity (Wildman–Crippen MR) is 79.6 cm³/mol. The zero-order valence-corrected chi connectivity index (χ0v) is 12.6. The second-order valence-electron chi connectivity index (χ2n) is 5.81. The van der Waals surface area contributed by atoms with E-state index in [9.17, 15) is 4.79 Å². The van der Waals surface area contributed by atoms with Crippen LogP contribution in [0.2, 0.25) is 0 Å². The molecule has 0 unspecified atom stereocenters. The number of hydrogen-bond donors (Lipinski definition) is 3. The molecule has 0 saturated heterocycles. The molecule has 0 aliphatic rings. The lowest BCUT2D eigenvalue weighted by molar-refractivity contribution is 0.201. The molecular formula is C15H25N3O2. The van der Waals surface area contributed by atoms with E-state index < -0.39 is 0 Å². The van der Waals surface area contributed by atoms with Crippen molar-refractivity contribution in [3.8, 4) is 0 Å². The molecule has 0 atom stereocenters. The first-order valence-corrected chi connectivity index (χ1v) is 6.97. The summed E-state index contributed by atoms with van der Waals surface area (Å²) < 4.78 is 0. The van der Waals surface area contributed by atoms with Gasteiger partial charge in [0, 0.05) is 31.6 Å². The van der Waals surface area contributed by atoms with Crippen molar-refractivity contribution in [1.29, 1.82) is 0 Å². The lowest BCUT2D eigenvalue weighted by Crippen LogP contribution is -2.41. The molecule has 0 aromatic carbocycles. The summed E-state index contributed by atoms with van der Waals surface area (Å²) in [5.41, 5.74) is 2.01. The van der Waals surface area contributed by atoms with E-state index in [-0.39, 0.29) is 18.1 Å². The maximum atomic E-state index is 11.6. The van der Waals surface area contributed by atoms with Crippen LogP contribution in [0.5, 0.6) is 0 Å². The fourth-order valence-electron chi connectivity index (χ4n) is 1.74. The zero-order valence-electron chi connectivity index (χ0n) is 12.6. The molecule has 1 heterocycles. The van der Waals surface area contributed by atoms with Gasteiger partial charge in [-0.15, -0.1) is 0 Å². The van der Waals surface area contributed by atoms with E-state index in [2.05, 4.69) is 15.6 Å². The van der Waals surface area contributed by atoms with E-state index in [4.69, 9.17) is 5.11 Å². The number of nitrogens with zero attached hydrogens (tertiary/aromatic N) is 1. The Morgan fingerprint density at radius 1 is 1.35 bits per heavy atom. The molecule has 0 radical (unpaired) electrons. The molecule has 5 nitrogen and oxygen atoms in total. The van der Waals surface area contributed by atoms with Gasteiger partial charge in [-0.25, -0.2) is 4.79 Å². The Morgan fingerprint density at radius 3 is 2.70 bits per heavy atom. The fraction of sp³-hybridized carbons (Fsp3) is 0.600. The van der Waals surface area contributed by atoms with Gasteiger partial charge in [0.25, 0.3) is 0 Å². The van der Waals surface area contributed by atoms with Gasteiger partial charge in [-0.3, -0.25) is 4.98 Å². The van der Waals surface area contributed by atoms with Crippen molar-refractivity contribution in [1.82, 2.24) is 15.6 Å². The molecular weight excluding hydrogens is 254 g/mol. The molecule has 1 aromatic rings. The number of pyridine rings is 1. The van der Waals surface area contributed by atoms with Gasteiger partial charge in [0.05, 0.1) is 0 Å². The number of carbonyl (C=O) groups is 1. The molecule has 20 heavy (non-hydrogen) atoms. The summed E-state index contributed by atoms with van der Waals surface area (Å²) in [6.45, 7) is 7.24. The third kappa shape index (κ3) is 6.52. The second kappa shape index (κ2) is 7.85. The van der Waals surface area contributed by atoms with Crippen molar-refractivity contribution in [3.63, 3.8) is 0 Å². The minimum absolute atomic E-state index is 0.0903.